The third-order valence-corrected chi connectivity index (χ3v) is 6.19. The Bertz CT molecular complexity index is 1320. The first-order valence-corrected chi connectivity index (χ1v) is 10.8. The average molecular weight is 461 g/mol. The summed E-state index contributed by atoms with van der Waals surface area (Å²) in [4.78, 5) is 26.6. The van der Waals surface area contributed by atoms with Crippen LogP contribution in [0.5, 0.6) is 5.88 Å². The third kappa shape index (κ3) is 3.75. The number of aromatic nitrogens is 2. The molecule has 9 heteroatoms. The number of hydrogen-bond acceptors (Lipinski definition) is 6. The fourth-order valence-corrected chi connectivity index (χ4v) is 4.52. The molecule has 2 N–H and O–H groups in total. The van der Waals surface area contributed by atoms with Gasteiger partial charge in [-0.25, -0.2) is 9.83 Å². The minimum Gasteiger partial charge on any atom is -0.455 e. The number of rotatable bonds is 3. The highest BCUT2D eigenvalue weighted by Crippen LogP contribution is 2.39. The number of anilines is 3. The molecule has 33 heavy (non-hydrogen) atoms. The monoisotopic (exact) mass is 460 g/mol. The smallest absolute Gasteiger partial charge is 0.267 e. The first-order valence-electron chi connectivity index (χ1n) is 10.5. The number of carbonyl (C=O) groups excluding carboxylic acids is 1. The van der Waals surface area contributed by atoms with Crippen molar-refractivity contribution in [2.24, 2.45) is 0 Å². The molecule has 1 amide bonds. The quantitative estimate of drug-likeness (QED) is 0.546. The molecule has 5 rings (SSSR count). The molecule has 0 saturated carbocycles. The van der Waals surface area contributed by atoms with Gasteiger partial charge in [0, 0.05) is 30.4 Å². The summed E-state index contributed by atoms with van der Waals surface area (Å²) in [5.74, 6) is 0.145. The number of carbonyl (C=O) groups is 1. The standard InChI is InChI=1S/C24H21ClN6O2/c1-24(2)12-27-10-14-9-15(7-8-17(14)24)29-23-28-11-16-21(30-23)33-13-31(22(16)32)20-18(25)5-4-6-19(20)26-3/h4-9,11,27H,10,12-13H2,1-2H3,(H,28,29,30). The SMILES string of the molecule is [C-]#[N+]c1cccc(Cl)c1N1COc2nc(Nc3ccc4c(c3)CNCC4(C)C)ncc2C1=O. The fraction of sp³-hybridized carbons (Fsp3) is 0.250. The lowest BCUT2D eigenvalue weighted by Gasteiger charge is -2.33. The van der Waals surface area contributed by atoms with Crippen LogP contribution in [-0.2, 0) is 12.0 Å². The Morgan fingerprint density at radius 3 is 2.97 bits per heavy atom. The van der Waals surface area contributed by atoms with E-state index < -0.39 is 0 Å². The van der Waals surface area contributed by atoms with Crippen molar-refractivity contribution in [3.05, 3.63) is 75.7 Å². The number of amides is 1. The van der Waals surface area contributed by atoms with Crippen LogP contribution in [0.1, 0.15) is 35.3 Å². The van der Waals surface area contributed by atoms with Gasteiger partial charge in [-0.2, -0.15) is 4.98 Å². The maximum absolute atomic E-state index is 13.1. The van der Waals surface area contributed by atoms with Gasteiger partial charge in [0.2, 0.25) is 17.5 Å². The highest BCUT2D eigenvalue weighted by atomic mass is 35.5. The number of halogens is 1. The second-order valence-electron chi connectivity index (χ2n) is 8.62. The molecule has 0 spiro atoms. The second kappa shape index (κ2) is 8.03. The van der Waals surface area contributed by atoms with E-state index in [1.54, 1.807) is 18.2 Å². The molecule has 166 valence electrons. The summed E-state index contributed by atoms with van der Waals surface area (Å²) in [6.45, 7) is 13.5. The molecule has 0 bridgehead atoms. The predicted octanol–water partition coefficient (Wildman–Crippen LogP) is 4.80. The zero-order valence-corrected chi connectivity index (χ0v) is 18.9. The van der Waals surface area contributed by atoms with E-state index in [1.807, 2.05) is 6.07 Å². The van der Waals surface area contributed by atoms with Crippen molar-refractivity contribution < 1.29 is 9.53 Å². The van der Waals surface area contributed by atoms with Crippen molar-refractivity contribution in [2.45, 2.75) is 25.8 Å². The Morgan fingerprint density at radius 1 is 1.30 bits per heavy atom. The summed E-state index contributed by atoms with van der Waals surface area (Å²) in [5, 5.41) is 6.95. The van der Waals surface area contributed by atoms with Crippen LogP contribution in [0.15, 0.2) is 42.6 Å². The number of para-hydroxylation sites is 1. The number of nitrogens with one attached hydrogen (secondary N) is 2. The maximum atomic E-state index is 13.1. The van der Waals surface area contributed by atoms with Gasteiger partial charge in [-0.3, -0.25) is 9.69 Å². The Hall–Kier alpha value is -3.67. The lowest BCUT2D eigenvalue weighted by Crippen LogP contribution is -2.39. The molecule has 0 radical (unpaired) electrons. The minimum absolute atomic E-state index is 0.0727. The van der Waals surface area contributed by atoms with E-state index in [0.29, 0.717) is 16.7 Å². The largest absolute Gasteiger partial charge is 0.455 e. The van der Waals surface area contributed by atoms with E-state index in [0.717, 1.165) is 18.8 Å². The summed E-state index contributed by atoms with van der Waals surface area (Å²) in [6.07, 6.45) is 1.43. The van der Waals surface area contributed by atoms with E-state index >= 15 is 0 Å². The van der Waals surface area contributed by atoms with Crippen LogP contribution in [-0.4, -0.2) is 29.2 Å². The zero-order valence-electron chi connectivity index (χ0n) is 18.1. The van der Waals surface area contributed by atoms with Crippen molar-refractivity contribution in [3.8, 4) is 5.88 Å². The van der Waals surface area contributed by atoms with Crippen LogP contribution in [0.2, 0.25) is 5.02 Å². The molecular weight excluding hydrogens is 440 g/mol. The van der Waals surface area contributed by atoms with Crippen LogP contribution in [0.25, 0.3) is 4.85 Å². The lowest BCUT2D eigenvalue weighted by atomic mass is 9.79. The van der Waals surface area contributed by atoms with Crippen LogP contribution in [0.3, 0.4) is 0 Å². The Labute approximate surface area is 196 Å². The molecule has 3 heterocycles. The van der Waals surface area contributed by atoms with Crippen molar-refractivity contribution >= 4 is 40.5 Å². The van der Waals surface area contributed by atoms with Crippen LogP contribution < -0.4 is 20.3 Å². The van der Waals surface area contributed by atoms with E-state index in [9.17, 15) is 4.79 Å². The first-order chi connectivity index (χ1) is 15.9. The van der Waals surface area contributed by atoms with Crippen molar-refractivity contribution in [2.75, 3.05) is 23.5 Å². The van der Waals surface area contributed by atoms with Gasteiger partial charge >= 0.3 is 0 Å². The molecule has 3 aromatic rings. The summed E-state index contributed by atoms with van der Waals surface area (Å²) in [5.41, 5.74) is 4.28. The van der Waals surface area contributed by atoms with Gasteiger partial charge in [0.15, 0.2) is 6.73 Å². The summed E-state index contributed by atoms with van der Waals surface area (Å²) < 4.78 is 5.75. The summed E-state index contributed by atoms with van der Waals surface area (Å²) in [6, 6.07) is 11.1. The lowest BCUT2D eigenvalue weighted by molar-refractivity contribution is 0.0933. The molecule has 2 aromatic carbocycles. The molecule has 0 fully saturated rings. The fourth-order valence-electron chi connectivity index (χ4n) is 4.25. The predicted molar refractivity (Wildman–Crippen MR) is 127 cm³/mol. The Kier molecular flexibility index (Phi) is 5.16. The number of nitrogens with zero attached hydrogens (tertiary/aromatic N) is 4. The zero-order chi connectivity index (χ0) is 23.2. The molecule has 0 saturated heterocycles. The second-order valence-corrected chi connectivity index (χ2v) is 9.03. The Morgan fingerprint density at radius 2 is 2.15 bits per heavy atom. The Balaban J connectivity index is 1.40. The highest BCUT2D eigenvalue weighted by Gasteiger charge is 2.32. The van der Waals surface area contributed by atoms with Gasteiger partial charge in [-0.05, 0) is 29.3 Å². The minimum atomic E-state index is -0.372. The maximum Gasteiger partial charge on any atom is 0.267 e. The number of hydrogen-bond donors (Lipinski definition) is 2. The topological polar surface area (TPSA) is 83.7 Å². The van der Waals surface area contributed by atoms with E-state index in [1.165, 1.54) is 22.2 Å². The van der Waals surface area contributed by atoms with Gasteiger partial charge in [-0.15, -0.1) is 0 Å². The van der Waals surface area contributed by atoms with Gasteiger partial charge < -0.3 is 15.4 Å². The van der Waals surface area contributed by atoms with Crippen molar-refractivity contribution in [1.82, 2.24) is 15.3 Å². The summed E-state index contributed by atoms with van der Waals surface area (Å²) >= 11 is 6.28. The average Bonchev–Trinajstić information content (AvgIpc) is 2.79. The molecule has 2 aliphatic rings. The van der Waals surface area contributed by atoms with Crippen LogP contribution in [0, 0.1) is 6.57 Å². The van der Waals surface area contributed by atoms with Crippen molar-refractivity contribution in [3.63, 3.8) is 0 Å². The third-order valence-electron chi connectivity index (χ3n) is 5.89. The van der Waals surface area contributed by atoms with Crippen molar-refractivity contribution in [1.29, 1.82) is 0 Å². The molecule has 8 nitrogen and oxygen atoms in total. The summed E-state index contributed by atoms with van der Waals surface area (Å²) in [7, 11) is 0. The van der Waals surface area contributed by atoms with E-state index in [-0.39, 0.29) is 35.2 Å². The van der Waals surface area contributed by atoms with Crippen LogP contribution >= 0.6 is 11.6 Å². The van der Waals surface area contributed by atoms with Gasteiger partial charge in [0.05, 0.1) is 17.3 Å². The molecule has 0 atom stereocenters. The van der Waals surface area contributed by atoms with Crippen LogP contribution in [0.4, 0.5) is 23.0 Å². The number of fused-ring (bicyclic) bond motifs is 2. The van der Waals surface area contributed by atoms with E-state index in [4.69, 9.17) is 22.9 Å². The molecule has 2 aliphatic heterocycles. The normalized spacial score (nSPS) is 16.3. The molecular formula is C24H21ClN6O2. The highest BCUT2D eigenvalue weighted by molar-refractivity contribution is 6.35. The van der Waals surface area contributed by atoms with Gasteiger partial charge in [0.25, 0.3) is 5.91 Å². The number of ether oxygens (including phenoxy) is 1. The van der Waals surface area contributed by atoms with Gasteiger partial charge in [-0.1, -0.05) is 43.6 Å². The van der Waals surface area contributed by atoms with E-state index in [2.05, 4.69) is 51.4 Å². The molecule has 0 aliphatic carbocycles. The molecule has 1 aromatic heterocycles. The first kappa shape index (κ1) is 21.2. The molecule has 0 unspecified atom stereocenters. The number of benzene rings is 2. The van der Waals surface area contributed by atoms with Gasteiger partial charge in [0.1, 0.15) is 5.56 Å².